The molecule has 4 aliphatic carbocycles. The number of hydrogen-bond acceptors (Lipinski definition) is 0. The largest absolute Gasteiger partial charge is 4.00 e. The summed E-state index contributed by atoms with van der Waals surface area (Å²) >= 11 is 0. The second-order valence-electron chi connectivity index (χ2n) is 12.7. The van der Waals surface area contributed by atoms with Gasteiger partial charge < -0.3 is 24.8 Å². The Balaban J connectivity index is 0.000000677. The molecule has 0 aliphatic heterocycles. The molecule has 0 nitrogen and oxygen atoms in total. The second kappa shape index (κ2) is 12.8. The Morgan fingerprint density at radius 3 is 2.03 bits per heavy atom. The third-order valence-corrected chi connectivity index (χ3v) is 11.3. The minimum absolute atomic E-state index is 0. The van der Waals surface area contributed by atoms with Crippen molar-refractivity contribution >= 4 is 5.57 Å². The Kier molecular flexibility index (Phi) is 11.8. The smallest absolute Gasteiger partial charge is 1.00 e. The Hall–Kier alpha value is -1.14. The molecule has 6 rings (SSSR count). The maximum atomic E-state index is 3.00. The summed E-state index contributed by atoms with van der Waals surface area (Å²) in [7, 11) is 0. The van der Waals surface area contributed by atoms with Crippen LogP contribution in [-0.2, 0) is 32.6 Å². The molecule has 0 spiro atoms. The molecule has 2 unspecified atom stereocenters. The molecule has 0 aromatic heterocycles. The van der Waals surface area contributed by atoms with Gasteiger partial charge in [-0.1, -0.05) is 113 Å². The van der Waals surface area contributed by atoms with E-state index in [0.717, 1.165) is 6.42 Å². The maximum Gasteiger partial charge on any atom is 4.00 e. The van der Waals surface area contributed by atoms with Crippen molar-refractivity contribution in [2.45, 2.75) is 74.7 Å². The summed E-state index contributed by atoms with van der Waals surface area (Å²) in [5.74, 6) is 2.24. The number of hydrogen-bond donors (Lipinski definition) is 0. The number of benzene rings is 1. The van der Waals surface area contributed by atoms with Crippen molar-refractivity contribution in [2.75, 3.05) is 0 Å². The molecule has 0 heterocycles. The summed E-state index contributed by atoms with van der Waals surface area (Å²) in [6.07, 6.45) is 8.50. The van der Waals surface area contributed by atoms with E-state index in [0.29, 0.717) is 5.92 Å². The van der Waals surface area contributed by atoms with Crippen LogP contribution in [0.2, 0.25) is 0 Å². The third-order valence-electron chi connectivity index (χ3n) is 11.3. The molecule has 2 atom stereocenters. The van der Waals surface area contributed by atoms with Crippen molar-refractivity contribution in [1.29, 1.82) is 0 Å². The van der Waals surface area contributed by atoms with Gasteiger partial charge in [-0.05, 0) is 40.6 Å². The van der Waals surface area contributed by atoms with Gasteiger partial charge in [0.15, 0.2) is 0 Å². The zero-order valence-corrected chi connectivity index (χ0v) is 29.2. The van der Waals surface area contributed by atoms with Gasteiger partial charge in [0.2, 0.25) is 0 Å². The molecule has 2 aromatic carbocycles. The first kappa shape index (κ1) is 35.9. The van der Waals surface area contributed by atoms with Crippen LogP contribution in [0, 0.1) is 33.5 Å². The summed E-state index contributed by atoms with van der Waals surface area (Å²) in [6, 6.07) is 19.2. The number of fused-ring (bicyclic) bond motifs is 6. The molecule has 0 saturated heterocycles. The van der Waals surface area contributed by atoms with Gasteiger partial charge in [-0.2, -0.15) is 29.3 Å². The fourth-order valence-electron chi connectivity index (χ4n) is 7.89. The number of halogens is 2. The molecule has 0 bridgehead atoms. The van der Waals surface area contributed by atoms with Crippen molar-refractivity contribution in [3.8, 4) is 0 Å². The van der Waals surface area contributed by atoms with E-state index in [1.54, 1.807) is 28.2 Å². The van der Waals surface area contributed by atoms with Gasteiger partial charge in [-0.25, -0.2) is 18.1 Å². The molecule has 4 aliphatic rings. The van der Waals surface area contributed by atoms with Crippen LogP contribution in [0.15, 0.2) is 96.6 Å². The fraction of sp³-hybridized carbons (Fsp3) is 0.444. The van der Waals surface area contributed by atoms with Crippen LogP contribution < -0.4 is 24.8 Å². The van der Waals surface area contributed by atoms with Gasteiger partial charge in [0.05, 0.1) is 0 Å². The summed E-state index contributed by atoms with van der Waals surface area (Å²) in [4.78, 5) is 0. The molecule has 0 radical (unpaired) electrons. The van der Waals surface area contributed by atoms with Gasteiger partial charge in [-0.3, -0.25) is 0 Å². The van der Waals surface area contributed by atoms with Crippen LogP contribution >= 0.6 is 0 Å². The fourth-order valence-corrected chi connectivity index (χ4v) is 7.89. The van der Waals surface area contributed by atoms with Crippen LogP contribution in [0.3, 0.4) is 0 Å². The first-order valence-electron chi connectivity index (χ1n) is 13.7. The average molecular weight is 641 g/mol. The molecular weight excluding hydrogens is 595 g/mol. The van der Waals surface area contributed by atoms with Crippen LogP contribution in [0.25, 0.3) is 5.57 Å². The monoisotopic (exact) mass is 638 g/mol. The van der Waals surface area contributed by atoms with Crippen LogP contribution in [0.1, 0.15) is 79.4 Å². The predicted molar refractivity (Wildman–Crippen MR) is 158 cm³/mol. The summed E-state index contributed by atoms with van der Waals surface area (Å²) in [6.45, 7) is 26.3. The van der Waals surface area contributed by atoms with E-state index in [1.165, 1.54) is 24.0 Å². The Labute approximate surface area is 270 Å². The van der Waals surface area contributed by atoms with Crippen molar-refractivity contribution in [2.24, 2.45) is 27.6 Å². The molecule has 3 heteroatoms. The maximum absolute atomic E-state index is 3.00. The quantitative estimate of drug-likeness (QED) is 0.300. The van der Waals surface area contributed by atoms with Gasteiger partial charge in [-0.15, -0.1) is 20.1 Å². The van der Waals surface area contributed by atoms with E-state index in [9.17, 15) is 0 Å². The van der Waals surface area contributed by atoms with Crippen molar-refractivity contribution in [1.82, 2.24) is 0 Å². The standard InChI is InChI=1S/C29H37.C5H5.C2H4.2ClH.Zr/c1-18-25-22-17-19-13-9-10-14-20(19)24(22)21-15-11-12-16-23(21)29(25,8)28(6,7)27(4,5)26(18,2)3;1-2-4-5-3-1;1-2;;;/h9-11,13-15,23H,12,16-17H2,1-8H3;1-5H;1-2H2;2*1H;/q2*-1;;;;+4/p-2. The van der Waals surface area contributed by atoms with Gasteiger partial charge in [0.1, 0.15) is 0 Å². The van der Waals surface area contributed by atoms with Gasteiger partial charge >= 0.3 is 26.2 Å². The zero-order chi connectivity index (χ0) is 26.5. The second-order valence-corrected chi connectivity index (χ2v) is 12.7. The topological polar surface area (TPSA) is 0 Å². The molecule has 208 valence electrons. The van der Waals surface area contributed by atoms with Gasteiger partial charge in [0, 0.05) is 0 Å². The number of rotatable bonds is 0. The Morgan fingerprint density at radius 1 is 0.872 bits per heavy atom. The molecule has 2 aromatic rings. The van der Waals surface area contributed by atoms with Gasteiger partial charge in [0.25, 0.3) is 0 Å². The SMILES string of the molecule is C=C.C[C-]1C2=C3Cc4ccccc4C3=C3C=CCCC3C2(C)C(C)(C)C(C)(C)C1(C)C.[Cl-].[Cl-].[Zr+4].c1cc[cH-]c1. The molecule has 0 N–H and O–H groups in total. The first-order chi connectivity index (χ1) is 17.0. The summed E-state index contributed by atoms with van der Waals surface area (Å²) < 4.78 is 0. The molecule has 1 fully saturated rings. The summed E-state index contributed by atoms with van der Waals surface area (Å²) in [5, 5.41) is 0. The predicted octanol–water partition coefficient (Wildman–Crippen LogP) is 4.18. The van der Waals surface area contributed by atoms with E-state index in [4.69, 9.17) is 0 Å². The van der Waals surface area contributed by atoms with Crippen molar-refractivity contribution in [3.05, 3.63) is 114 Å². The van der Waals surface area contributed by atoms with E-state index in [2.05, 4.69) is 105 Å². The first-order valence-corrected chi connectivity index (χ1v) is 13.7. The van der Waals surface area contributed by atoms with E-state index < -0.39 is 0 Å². The average Bonchev–Trinajstić information content (AvgIpc) is 3.56. The van der Waals surface area contributed by atoms with Crippen LogP contribution in [0.5, 0.6) is 0 Å². The normalized spacial score (nSPS) is 25.8. The van der Waals surface area contributed by atoms with E-state index >= 15 is 0 Å². The minimum Gasteiger partial charge on any atom is -1.00 e. The summed E-state index contributed by atoms with van der Waals surface area (Å²) in [5.41, 5.74) is 10.3. The minimum atomic E-state index is 0. The molecule has 39 heavy (non-hydrogen) atoms. The van der Waals surface area contributed by atoms with E-state index in [-0.39, 0.29) is 72.7 Å². The molecule has 1 saturated carbocycles. The zero-order valence-electron chi connectivity index (χ0n) is 25.2. The Morgan fingerprint density at radius 2 is 1.46 bits per heavy atom. The molecular formula is C36H46Cl2Zr. The van der Waals surface area contributed by atoms with Crippen LogP contribution in [-0.4, -0.2) is 0 Å². The Bertz CT molecular complexity index is 1190. The third kappa shape index (κ3) is 4.98. The van der Waals surface area contributed by atoms with Crippen LogP contribution in [0.4, 0.5) is 0 Å². The van der Waals surface area contributed by atoms with Crippen molar-refractivity contribution in [3.63, 3.8) is 0 Å². The molecule has 0 amide bonds. The number of allylic oxidation sites excluding steroid dienone is 6. The van der Waals surface area contributed by atoms with E-state index in [1.807, 2.05) is 30.3 Å². The van der Waals surface area contributed by atoms with Crippen molar-refractivity contribution < 1.29 is 51.0 Å².